The van der Waals surface area contributed by atoms with Crippen LogP contribution in [0.2, 0.25) is 10.0 Å². The van der Waals surface area contributed by atoms with E-state index in [0.29, 0.717) is 33.5 Å². The first-order chi connectivity index (χ1) is 12.6. The van der Waals surface area contributed by atoms with Gasteiger partial charge >= 0.3 is 5.97 Å². The van der Waals surface area contributed by atoms with E-state index in [9.17, 15) is 4.79 Å². The highest BCUT2D eigenvalue weighted by Crippen LogP contribution is 2.30. The van der Waals surface area contributed by atoms with Crippen LogP contribution < -0.4 is 4.74 Å². The summed E-state index contributed by atoms with van der Waals surface area (Å²) >= 11 is 12.3. The molecule has 3 rings (SSSR count). The summed E-state index contributed by atoms with van der Waals surface area (Å²) in [7, 11) is 1.57. The predicted molar refractivity (Wildman–Crippen MR) is 99.8 cm³/mol. The summed E-state index contributed by atoms with van der Waals surface area (Å²) in [5.74, 6) is 0.209. The fourth-order valence-electron chi connectivity index (χ4n) is 2.47. The monoisotopic (exact) mass is 390 g/mol. The number of imidazole rings is 1. The van der Waals surface area contributed by atoms with Crippen LogP contribution in [0.5, 0.6) is 5.75 Å². The van der Waals surface area contributed by atoms with Gasteiger partial charge in [0.05, 0.1) is 25.5 Å². The van der Waals surface area contributed by atoms with Crippen molar-refractivity contribution in [3.8, 4) is 5.75 Å². The van der Waals surface area contributed by atoms with Crippen LogP contribution in [-0.2, 0) is 11.3 Å². The van der Waals surface area contributed by atoms with Crippen LogP contribution in [0.1, 0.15) is 22.0 Å². The lowest BCUT2D eigenvalue weighted by Crippen LogP contribution is -2.17. The van der Waals surface area contributed by atoms with Gasteiger partial charge < -0.3 is 14.0 Å². The number of esters is 1. The molecule has 1 heterocycles. The van der Waals surface area contributed by atoms with E-state index in [1.54, 1.807) is 68.3 Å². The summed E-state index contributed by atoms with van der Waals surface area (Å²) in [6.07, 6.45) is 4.51. The van der Waals surface area contributed by atoms with Gasteiger partial charge in [-0.3, -0.25) is 0 Å². The van der Waals surface area contributed by atoms with E-state index in [4.69, 9.17) is 32.7 Å². The van der Waals surface area contributed by atoms with Crippen molar-refractivity contribution in [1.29, 1.82) is 0 Å². The van der Waals surface area contributed by atoms with Crippen LogP contribution in [0.4, 0.5) is 0 Å². The quantitative estimate of drug-likeness (QED) is 0.567. The Kier molecular flexibility index (Phi) is 5.81. The van der Waals surface area contributed by atoms with E-state index in [0.717, 1.165) is 0 Å². The SMILES string of the molecule is COc1ccc(C(=O)OC(Cn2ccnc2)c2ccc(Cl)cc2Cl)cc1. The number of benzene rings is 2. The molecule has 0 spiro atoms. The van der Waals surface area contributed by atoms with Crippen LogP contribution in [-0.4, -0.2) is 22.6 Å². The maximum absolute atomic E-state index is 12.6. The van der Waals surface area contributed by atoms with Crippen molar-refractivity contribution in [1.82, 2.24) is 9.55 Å². The molecule has 0 saturated heterocycles. The highest BCUT2D eigenvalue weighted by atomic mass is 35.5. The molecule has 0 amide bonds. The number of nitrogens with zero attached hydrogens (tertiary/aromatic N) is 2. The van der Waals surface area contributed by atoms with Gasteiger partial charge in [-0.25, -0.2) is 9.78 Å². The standard InChI is InChI=1S/C19H16Cl2N2O3/c1-25-15-5-2-13(3-6-15)19(24)26-18(11-23-9-8-22-12-23)16-7-4-14(20)10-17(16)21/h2-10,12,18H,11H2,1H3. The lowest BCUT2D eigenvalue weighted by Gasteiger charge is -2.20. The Morgan fingerprint density at radius 2 is 1.96 bits per heavy atom. The summed E-state index contributed by atoms with van der Waals surface area (Å²) in [6.45, 7) is 0.378. The van der Waals surface area contributed by atoms with E-state index in [1.165, 1.54) is 0 Å². The molecule has 0 fully saturated rings. The number of aromatic nitrogens is 2. The lowest BCUT2D eigenvalue weighted by atomic mass is 10.1. The van der Waals surface area contributed by atoms with Gasteiger partial charge in [-0.1, -0.05) is 29.3 Å². The van der Waals surface area contributed by atoms with Crippen molar-refractivity contribution in [3.05, 3.63) is 82.4 Å². The Balaban J connectivity index is 1.85. The Morgan fingerprint density at radius 1 is 1.19 bits per heavy atom. The number of carbonyl (C=O) groups excluding carboxylic acids is 1. The highest BCUT2D eigenvalue weighted by molar-refractivity contribution is 6.35. The third-order valence-corrected chi connectivity index (χ3v) is 4.38. The maximum Gasteiger partial charge on any atom is 0.338 e. The molecule has 7 heteroatoms. The second-order valence-electron chi connectivity index (χ2n) is 5.55. The molecule has 0 aliphatic rings. The average Bonchev–Trinajstić information content (AvgIpc) is 3.14. The summed E-state index contributed by atoms with van der Waals surface area (Å²) in [5.41, 5.74) is 1.10. The minimum Gasteiger partial charge on any atom is -0.497 e. The molecule has 2 aromatic carbocycles. The number of rotatable bonds is 6. The number of hydrogen-bond donors (Lipinski definition) is 0. The molecular formula is C19H16Cl2N2O3. The van der Waals surface area contributed by atoms with Crippen molar-refractivity contribution in [2.75, 3.05) is 7.11 Å². The average molecular weight is 391 g/mol. The lowest BCUT2D eigenvalue weighted by molar-refractivity contribution is 0.0255. The van der Waals surface area contributed by atoms with E-state index >= 15 is 0 Å². The number of halogens is 2. The molecule has 0 aliphatic carbocycles. The molecule has 5 nitrogen and oxygen atoms in total. The maximum atomic E-state index is 12.6. The number of ether oxygens (including phenoxy) is 2. The smallest absolute Gasteiger partial charge is 0.338 e. The predicted octanol–water partition coefficient (Wildman–Crippen LogP) is 4.80. The van der Waals surface area contributed by atoms with E-state index in [2.05, 4.69) is 4.98 Å². The minimum absolute atomic E-state index is 0.378. The zero-order valence-electron chi connectivity index (χ0n) is 13.9. The third kappa shape index (κ3) is 4.36. The summed E-state index contributed by atoms with van der Waals surface area (Å²) in [5, 5.41) is 0.951. The van der Waals surface area contributed by atoms with Crippen molar-refractivity contribution < 1.29 is 14.3 Å². The van der Waals surface area contributed by atoms with Crippen molar-refractivity contribution in [2.45, 2.75) is 12.6 Å². The first-order valence-electron chi connectivity index (χ1n) is 7.82. The first-order valence-corrected chi connectivity index (χ1v) is 8.58. The van der Waals surface area contributed by atoms with E-state index in [-0.39, 0.29) is 0 Å². The van der Waals surface area contributed by atoms with Gasteiger partial charge in [0.15, 0.2) is 0 Å². The number of carbonyl (C=O) groups is 1. The molecule has 26 heavy (non-hydrogen) atoms. The van der Waals surface area contributed by atoms with E-state index < -0.39 is 12.1 Å². The molecule has 0 bridgehead atoms. The second-order valence-corrected chi connectivity index (χ2v) is 6.39. The Bertz CT molecular complexity index is 880. The number of hydrogen-bond acceptors (Lipinski definition) is 4. The Hall–Kier alpha value is -2.50. The van der Waals surface area contributed by atoms with Gasteiger partial charge in [0.25, 0.3) is 0 Å². The molecule has 1 aromatic heterocycles. The van der Waals surface area contributed by atoms with Gasteiger partial charge in [-0.15, -0.1) is 0 Å². The van der Waals surface area contributed by atoms with Gasteiger partial charge in [0.2, 0.25) is 0 Å². The van der Waals surface area contributed by atoms with Gasteiger partial charge in [0, 0.05) is 28.0 Å². The molecule has 1 unspecified atom stereocenters. The van der Waals surface area contributed by atoms with Crippen LogP contribution in [0.15, 0.2) is 61.2 Å². The molecule has 0 radical (unpaired) electrons. The van der Waals surface area contributed by atoms with Gasteiger partial charge in [-0.2, -0.15) is 0 Å². The largest absolute Gasteiger partial charge is 0.497 e. The molecule has 0 N–H and O–H groups in total. The minimum atomic E-state index is -0.594. The second kappa shape index (κ2) is 8.25. The van der Waals surface area contributed by atoms with Gasteiger partial charge in [0.1, 0.15) is 11.9 Å². The molecular weight excluding hydrogens is 375 g/mol. The van der Waals surface area contributed by atoms with Crippen LogP contribution in [0.3, 0.4) is 0 Å². The summed E-state index contributed by atoms with van der Waals surface area (Å²) in [4.78, 5) is 16.6. The molecule has 134 valence electrons. The van der Waals surface area contributed by atoms with Crippen LogP contribution >= 0.6 is 23.2 Å². The van der Waals surface area contributed by atoms with E-state index in [1.807, 2.05) is 4.57 Å². The Morgan fingerprint density at radius 3 is 2.58 bits per heavy atom. The fourth-order valence-corrected chi connectivity index (χ4v) is 3.00. The van der Waals surface area contributed by atoms with Gasteiger partial charge in [-0.05, 0) is 36.4 Å². The normalized spacial score (nSPS) is 11.8. The van der Waals surface area contributed by atoms with Crippen molar-refractivity contribution in [3.63, 3.8) is 0 Å². The van der Waals surface area contributed by atoms with Crippen molar-refractivity contribution >= 4 is 29.2 Å². The molecule has 0 aliphatic heterocycles. The Labute approximate surface area is 161 Å². The molecule has 3 aromatic rings. The summed E-state index contributed by atoms with van der Waals surface area (Å²) in [6, 6.07) is 11.8. The molecule has 0 saturated carbocycles. The topological polar surface area (TPSA) is 53.4 Å². The first kappa shape index (κ1) is 18.3. The zero-order valence-corrected chi connectivity index (χ0v) is 15.4. The highest BCUT2D eigenvalue weighted by Gasteiger charge is 2.21. The zero-order chi connectivity index (χ0) is 18.5. The summed E-state index contributed by atoms with van der Waals surface area (Å²) < 4.78 is 12.7. The third-order valence-electron chi connectivity index (χ3n) is 3.82. The van der Waals surface area contributed by atoms with Crippen LogP contribution in [0.25, 0.3) is 0 Å². The fraction of sp³-hybridized carbons (Fsp3) is 0.158. The molecule has 1 atom stereocenters. The number of methoxy groups -OCH3 is 1. The van der Waals surface area contributed by atoms with Crippen molar-refractivity contribution in [2.24, 2.45) is 0 Å². The van der Waals surface area contributed by atoms with Crippen LogP contribution in [0, 0.1) is 0 Å².